The summed E-state index contributed by atoms with van der Waals surface area (Å²) < 4.78 is 0. The van der Waals surface area contributed by atoms with Crippen molar-refractivity contribution in [2.75, 3.05) is 10.6 Å². The number of benzene rings is 3. The molecule has 3 aromatic carbocycles. The van der Waals surface area contributed by atoms with E-state index in [1.807, 2.05) is 0 Å². The van der Waals surface area contributed by atoms with E-state index in [9.17, 15) is 0 Å². The molecule has 0 saturated carbocycles. The summed E-state index contributed by atoms with van der Waals surface area (Å²) in [5, 5.41) is 7.10. The quantitative estimate of drug-likeness (QED) is 0.456. The van der Waals surface area contributed by atoms with Crippen molar-refractivity contribution in [3.05, 3.63) is 83.9 Å². The fourth-order valence-electron chi connectivity index (χ4n) is 3.21. The molecule has 3 aromatic rings. The van der Waals surface area contributed by atoms with Crippen LogP contribution in [0.2, 0.25) is 0 Å². The standard InChI is InChI=1S/C24H28N2/c1-3-9-19-11-5-7-13-23(19)25-21-15-17-22(18-16-21)26-24-14-8-6-12-20(24)10-4-2/h5-8,11-18,25-26H,3-4,9-10H2,1-2H3. The van der Waals surface area contributed by atoms with E-state index in [1.54, 1.807) is 0 Å². The predicted molar refractivity (Wildman–Crippen MR) is 114 cm³/mol. The number of aryl methyl sites for hydroxylation is 2. The molecule has 0 unspecified atom stereocenters. The molecular formula is C24H28N2. The smallest absolute Gasteiger partial charge is 0.0416 e. The summed E-state index contributed by atoms with van der Waals surface area (Å²) in [6, 6.07) is 25.6. The number of hydrogen-bond acceptors (Lipinski definition) is 2. The second kappa shape index (κ2) is 9.10. The van der Waals surface area contributed by atoms with E-state index >= 15 is 0 Å². The highest BCUT2D eigenvalue weighted by atomic mass is 14.9. The van der Waals surface area contributed by atoms with Crippen molar-refractivity contribution in [2.45, 2.75) is 39.5 Å². The summed E-state index contributed by atoms with van der Waals surface area (Å²) in [7, 11) is 0. The SMILES string of the molecule is CCCc1ccccc1Nc1ccc(Nc2ccccc2CCC)cc1. The number of hydrogen-bond donors (Lipinski definition) is 2. The molecule has 0 heterocycles. The minimum atomic E-state index is 1.09. The number of anilines is 4. The van der Waals surface area contributed by atoms with Gasteiger partial charge in [0.25, 0.3) is 0 Å². The summed E-state index contributed by atoms with van der Waals surface area (Å²) in [4.78, 5) is 0. The summed E-state index contributed by atoms with van der Waals surface area (Å²) in [5.41, 5.74) is 7.35. The third kappa shape index (κ3) is 4.66. The highest BCUT2D eigenvalue weighted by Gasteiger charge is 2.03. The Labute approximate surface area is 157 Å². The van der Waals surface area contributed by atoms with Gasteiger partial charge in [-0.2, -0.15) is 0 Å². The van der Waals surface area contributed by atoms with Crippen molar-refractivity contribution in [1.29, 1.82) is 0 Å². The third-order valence-electron chi connectivity index (χ3n) is 4.52. The molecule has 2 nitrogen and oxygen atoms in total. The zero-order chi connectivity index (χ0) is 18.2. The van der Waals surface area contributed by atoms with Gasteiger partial charge in [-0.05, 0) is 60.4 Å². The first kappa shape index (κ1) is 18.1. The van der Waals surface area contributed by atoms with Crippen molar-refractivity contribution >= 4 is 22.7 Å². The Bertz CT molecular complexity index is 751. The Morgan fingerprint density at radius 3 is 1.31 bits per heavy atom. The molecule has 0 atom stereocenters. The van der Waals surface area contributed by atoms with Crippen LogP contribution < -0.4 is 10.6 Å². The Morgan fingerprint density at radius 1 is 0.538 bits per heavy atom. The molecule has 134 valence electrons. The Hall–Kier alpha value is -2.74. The normalized spacial score (nSPS) is 10.5. The van der Waals surface area contributed by atoms with Crippen LogP contribution in [0.15, 0.2) is 72.8 Å². The maximum atomic E-state index is 3.55. The minimum Gasteiger partial charge on any atom is -0.355 e. The average Bonchev–Trinajstić information content (AvgIpc) is 2.67. The van der Waals surface area contributed by atoms with E-state index in [2.05, 4.69) is 97.3 Å². The van der Waals surface area contributed by atoms with Crippen LogP contribution in [0.1, 0.15) is 37.8 Å². The van der Waals surface area contributed by atoms with E-state index < -0.39 is 0 Å². The van der Waals surface area contributed by atoms with Crippen LogP contribution in [-0.4, -0.2) is 0 Å². The molecule has 0 bridgehead atoms. The van der Waals surface area contributed by atoms with E-state index in [4.69, 9.17) is 0 Å². The van der Waals surface area contributed by atoms with Gasteiger partial charge in [0, 0.05) is 22.7 Å². The van der Waals surface area contributed by atoms with Crippen LogP contribution in [0.4, 0.5) is 22.7 Å². The van der Waals surface area contributed by atoms with Gasteiger partial charge in [0.2, 0.25) is 0 Å². The monoisotopic (exact) mass is 344 g/mol. The van der Waals surface area contributed by atoms with Crippen molar-refractivity contribution in [3.63, 3.8) is 0 Å². The van der Waals surface area contributed by atoms with Crippen molar-refractivity contribution in [3.8, 4) is 0 Å². The molecule has 0 fully saturated rings. The molecular weight excluding hydrogens is 316 g/mol. The van der Waals surface area contributed by atoms with E-state index in [0.29, 0.717) is 0 Å². The van der Waals surface area contributed by atoms with Crippen molar-refractivity contribution in [1.82, 2.24) is 0 Å². The molecule has 2 heteroatoms. The summed E-state index contributed by atoms with van der Waals surface area (Å²) in [5.74, 6) is 0. The summed E-state index contributed by atoms with van der Waals surface area (Å²) in [6.45, 7) is 4.43. The second-order valence-electron chi connectivity index (χ2n) is 6.64. The molecule has 0 aliphatic carbocycles. The van der Waals surface area contributed by atoms with Gasteiger partial charge in [0.1, 0.15) is 0 Å². The lowest BCUT2D eigenvalue weighted by atomic mass is 10.1. The fourth-order valence-corrected chi connectivity index (χ4v) is 3.21. The molecule has 0 radical (unpaired) electrons. The lowest BCUT2D eigenvalue weighted by molar-refractivity contribution is 0.923. The molecule has 0 aliphatic rings. The van der Waals surface area contributed by atoms with Gasteiger partial charge in [0.05, 0.1) is 0 Å². The third-order valence-corrected chi connectivity index (χ3v) is 4.52. The Kier molecular flexibility index (Phi) is 6.32. The Balaban J connectivity index is 1.72. The van der Waals surface area contributed by atoms with Gasteiger partial charge in [-0.25, -0.2) is 0 Å². The summed E-state index contributed by atoms with van der Waals surface area (Å²) in [6.07, 6.45) is 4.49. The number of para-hydroxylation sites is 2. The van der Waals surface area contributed by atoms with Crippen LogP contribution in [0.3, 0.4) is 0 Å². The van der Waals surface area contributed by atoms with Crippen LogP contribution in [-0.2, 0) is 12.8 Å². The molecule has 0 saturated heterocycles. The summed E-state index contributed by atoms with van der Waals surface area (Å²) >= 11 is 0. The topological polar surface area (TPSA) is 24.1 Å². The van der Waals surface area contributed by atoms with Crippen LogP contribution in [0, 0.1) is 0 Å². The highest BCUT2D eigenvalue weighted by molar-refractivity contribution is 5.68. The van der Waals surface area contributed by atoms with Crippen LogP contribution in [0.5, 0.6) is 0 Å². The first-order chi connectivity index (χ1) is 12.8. The van der Waals surface area contributed by atoms with Crippen LogP contribution in [0.25, 0.3) is 0 Å². The van der Waals surface area contributed by atoms with Crippen molar-refractivity contribution in [2.24, 2.45) is 0 Å². The maximum absolute atomic E-state index is 3.55. The zero-order valence-electron chi connectivity index (χ0n) is 15.8. The van der Waals surface area contributed by atoms with Gasteiger partial charge in [-0.15, -0.1) is 0 Å². The first-order valence-electron chi connectivity index (χ1n) is 9.60. The van der Waals surface area contributed by atoms with Gasteiger partial charge in [0.15, 0.2) is 0 Å². The van der Waals surface area contributed by atoms with E-state index in [-0.39, 0.29) is 0 Å². The van der Waals surface area contributed by atoms with Crippen LogP contribution >= 0.6 is 0 Å². The maximum Gasteiger partial charge on any atom is 0.0416 e. The lowest BCUT2D eigenvalue weighted by Gasteiger charge is -2.14. The zero-order valence-corrected chi connectivity index (χ0v) is 15.8. The second-order valence-corrected chi connectivity index (χ2v) is 6.64. The molecule has 2 N–H and O–H groups in total. The predicted octanol–water partition coefficient (Wildman–Crippen LogP) is 7.08. The largest absolute Gasteiger partial charge is 0.355 e. The molecule has 0 aliphatic heterocycles. The van der Waals surface area contributed by atoms with Gasteiger partial charge >= 0.3 is 0 Å². The van der Waals surface area contributed by atoms with Gasteiger partial charge in [-0.1, -0.05) is 63.1 Å². The molecule has 26 heavy (non-hydrogen) atoms. The number of nitrogens with one attached hydrogen (secondary N) is 2. The fraction of sp³-hybridized carbons (Fsp3) is 0.250. The molecule has 3 rings (SSSR count). The van der Waals surface area contributed by atoms with E-state index in [1.165, 1.54) is 22.5 Å². The average molecular weight is 345 g/mol. The minimum absolute atomic E-state index is 1.09. The lowest BCUT2D eigenvalue weighted by Crippen LogP contribution is -1.97. The van der Waals surface area contributed by atoms with E-state index in [0.717, 1.165) is 37.1 Å². The first-order valence-corrected chi connectivity index (χ1v) is 9.60. The highest BCUT2D eigenvalue weighted by Crippen LogP contribution is 2.26. The molecule has 0 aromatic heterocycles. The van der Waals surface area contributed by atoms with Gasteiger partial charge in [-0.3, -0.25) is 0 Å². The Morgan fingerprint density at radius 2 is 0.923 bits per heavy atom. The number of rotatable bonds is 8. The van der Waals surface area contributed by atoms with Crippen molar-refractivity contribution < 1.29 is 0 Å². The molecule has 0 spiro atoms. The van der Waals surface area contributed by atoms with Gasteiger partial charge < -0.3 is 10.6 Å². The molecule has 0 amide bonds.